The Hall–Kier alpha value is -0.410. The first-order chi connectivity index (χ1) is 6.15. The van der Waals surface area contributed by atoms with E-state index in [1.54, 1.807) is 6.08 Å². The summed E-state index contributed by atoms with van der Waals surface area (Å²) in [5.41, 5.74) is 0. The Kier molecular flexibility index (Phi) is 3.88. The van der Waals surface area contributed by atoms with Crippen LogP contribution in [0.5, 0.6) is 0 Å². The van der Waals surface area contributed by atoms with Gasteiger partial charge in [-0.05, 0) is 24.3 Å². The van der Waals surface area contributed by atoms with E-state index in [-0.39, 0.29) is 0 Å². The second-order valence-electron chi connectivity index (χ2n) is 3.50. The summed E-state index contributed by atoms with van der Waals surface area (Å²) in [6.45, 7) is 4.38. The van der Waals surface area contributed by atoms with Crippen LogP contribution >= 0.6 is 0 Å². The topological polar surface area (TPSA) is 37.3 Å². The number of rotatable bonds is 3. The maximum Gasteiger partial charge on any atom is 0.186 e. The van der Waals surface area contributed by atoms with Gasteiger partial charge in [-0.1, -0.05) is 32.4 Å². The molecule has 1 N–H and O–H groups in total. The molecule has 0 amide bonds. The van der Waals surface area contributed by atoms with E-state index < -0.39 is 11.1 Å². The largest absolute Gasteiger partial charge is 0.302 e. The molecule has 0 saturated carbocycles. The van der Waals surface area contributed by atoms with Crippen molar-refractivity contribution >= 4 is 11.1 Å². The van der Waals surface area contributed by atoms with Gasteiger partial charge in [0.05, 0.1) is 4.91 Å². The van der Waals surface area contributed by atoms with E-state index in [1.165, 1.54) is 0 Å². The van der Waals surface area contributed by atoms with E-state index in [2.05, 4.69) is 19.9 Å². The molecule has 1 aliphatic carbocycles. The van der Waals surface area contributed by atoms with Crippen LogP contribution in [0.15, 0.2) is 23.1 Å². The molecule has 0 saturated heterocycles. The fourth-order valence-corrected chi connectivity index (χ4v) is 1.91. The maximum absolute atomic E-state index is 10.7. The number of hydrogen-bond donors (Lipinski definition) is 1. The fraction of sp³-hybridized carbons (Fsp3) is 0.600. The van der Waals surface area contributed by atoms with Crippen LogP contribution in [0.3, 0.4) is 0 Å². The molecule has 3 heteroatoms. The van der Waals surface area contributed by atoms with Crippen molar-refractivity contribution < 1.29 is 8.76 Å². The Morgan fingerprint density at radius 2 is 2.46 bits per heavy atom. The van der Waals surface area contributed by atoms with Gasteiger partial charge in [0.1, 0.15) is 0 Å². The summed E-state index contributed by atoms with van der Waals surface area (Å²) >= 11 is -1.81. The fourth-order valence-electron chi connectivity index (χ4n) is 1.47. The van der Waals surface area contributed by atoms with Crippen molar-refractivity contribution in [1.29, 1.82) is 0 Å². The monoisotopic (exact) mass is 200 g/mol. The molecule has 13 heavy (non-hydrogen) atoms. The highest BCUT2D eigenvalue weighted by molar-refractivity contribution is 7.83. The van der Waals surface area contributed by atoms with Crippen molar-refractivity contribution in [3.8, 4) is 0 Å². The third-order valence-corrected chi connectivity index (χ3v) is 3.38. The van der Waals surface area contributed by atoms with Crippen LogP contribution in [0.2, 0.25) is 0 Å². The summed E-state index contributed by atoms with van der Waals surface area (Å²) in [7, 11) is 0. The second-order valence-corrected chi connectivity index (χ2v) is 4.47. The van der Waals surface area contributed by atoms with Gasteiger partial charge in [0.25, 0.3) is 0 Å². The van der Waals surface area contributed by atoms with Gasteiger partial charge in [0.15, 0.2) is 11.1 Å². The third-order valence-electron chi connectivity index (χ3n) is 2.68. The predicted octanol–water partition coefficient (Wildman–Crippen LogP) is 2.71. The normalized spacial score (nSPS) is 26.7. The van der Waals surface area contributed by atoms with Crippen LogP contribution in [0.25, 0.3) is 0 Å². The highest BCUT2D eigenvalue weighted by Gasteiger charge is 2.15. The Morgan fingerprint density at radius 1 is 1.77 bits per heavy atom. The average molecular weight is 200 g/mol. The van der Waals surface area contributed by atoms with Gasteiger partial charge in [0.2, 0.25) is 0 Å². The molecule has 0 aliphatic heterocycles. The smallest absolute Gasteiger partial charge is 0.186 e. The van der Waals surface area contributed by atoms with Crippen LogP contribution in [0.1, 0.15) is 26.7 Å². The standard InChI is InChI=1S/C10H16O2S/c1-3-8(2)9-4-6-10(7-5-9)13(11)12/h4,6-9H,3,5H2,1-2H3,(H,11,12). The quantitative estimate of drug-likeness (QED) is 0.711. The molecule has 0 radical (unpaired) electrons. The first-order valence-electron chi connectivity index (χ1n) is 4.64. The molecule has 1 aliphatic rings. The molecule has 3 atom stereocenters. The van der Waals surface area contributed by atoms with E-state index in [1.807, 2.05) is 6.08 Å². The van der Waals surface area contributed by atoms with Gasteiger partial charge in [0, 0.05) is 0 Å². The number of hydrogen-bond acceptors (Lipinski definition) is 1. The lowest BCUT2D eigenvalue weighted by molar-refractivity contribution is 0.417. The van der Waals surface area contributed by atoms with Gasteiger partial charge in [-0.3, -0.25) is 0 Å². The molecule has 0 fully saturated rings. The van der Waals surface area contributed by atoms with Crippen molar-refractivity contribution in [3.63, 3.8) is 0 Å². The van der Waals surface area contributed by atoms with Crippen LogP contribution in [0.4, 0.5) is 0 Å². The van der Waals surface area contributed by atoms with Crippen LogP contribution in [-0.2, 0) is 11.1 Å². The summed E-state index contributed by atoms with van der Waals surface area (Å²) in [6, 6.07) is 0. The SMILES string of the molecule is CCC(C)C1C=CC(S(=O)O)=CC1. The Labute approximate surface area is 82.0 Å². The van der Waals surface area contributed by atoms with E-state index in [0.717, 1.165) is 12.8 Å². The molecule has 0 aromatic rings. The first-order valence-corrected chi connectivity index (χ1v) is 5.75. The van der Waals surface area contributed by atoms with Gasteiger partial charge in [-0.15, -0.1) is 0 Å². The van der Waals surface area contributed by atoms with E-state index in [0.29, 0.717) is 16.7 Å². The number of allylic oxidation sites excluding steroid dienone is 3. The van der Waals surface area contributed by atoms with E-state index in [4.69, 9.17) is 4.55 Å². The Morgan fingerprint density at radius 3 is 2.85 bits per heavy atom. The Balaban J connectivity index is 2.58. The molecule has 0 aromatic heterocycles. The lowest BCUT2D eigenvalue weighted by Gasteiger charge is -2.20. The molecule has 3 unspecified atom stereocenters. The molecular formula is C10H16O2S. The molecule has 0 heterocycles. The molecule has 1 rings (SSSR count). The van der Waals surface area contributed by atoms with Crippen molar-refractivity contribution in [2.75, 3.05) is 0 Å². The van der Waals surface area contributed by atoms with Crippen molar-refractivity contribution in [2.45, 2.75) is 26.7 Å². The lowest BCUT2D eigenvalue weighted by Crippen LogP contribution is -2.10. The molecule has 74 valence electrons. The minimum atomic E-state index is -1.81. The van der Waals surface area contributed by atoms with Crippen molar-refractivity contribution in [1.82, 2.24) is 0 Å². The second kappa shape index (κ2) is 4.72. The van der Waals surface area contributed by atoms with Gasteiger partial charge >= 0.3 is 0 Å². The lowest BCUT2D eigenvalue weighted by atomic mass is 9.87. The first kappa shape index (κ1) is 10.7. The van der Waals surface area contributed by atoms with Gasteiger partial charge < -0.3 is 4.55 Å². The van der Waals surface area contributed by atoms with Crippen molar-refractivity contribution in [3.05, 3.63) is 23.1 Å². The Bertz CT molecular complexity index is 256. The summed E-state index contributed by atoms with van der Waals surface area (Å²) in [6.07, 6.45) is 7.74. The summed E-state index contributed by atoms with van der Waals surface area (Å²) in [5.74, 6) is 1.19. The summed E-state index contributed by atoms with van der Waals surface area (Å²) < 4.78 is 19.5. The van der Waals surface area contributed by atoms with Gasteiger partial charge in [-0.2, -0.15) is 0 Å². The maximum atomic E-state index is 10.7. The van der Waals surface area contributed by atoms with E-state index >= 15 is 0 Å². The minimum Gasteiger partial charge on any atom is -0.302 e. The van der Waals surface area contributed by atoms with E-state index in [9.17, 15) is 4.21 Å². The minimum absolute atomic E-state index is 0.539. The molecule has 0 bridgehead atoms. The van der Waals surface area contributed by atoms with Crippen molar-refractivity contribution in [2.24, 2.45) is 11.8 Å². The molecule has 2 nitrogen and oxygen atoms in total. The third kappa shape index (κ3) is 2.78. The molecular weight excluding hydrogens is 184 g/mol. The molecule has 0 spiro atoms. The zero-order valence-corrected chi connectivity index (χ0v) is 8.88. The van der Waals surface area contributed by atoms with Crippen LogP contribution in [-0.4, -0.2) is 8.76 Å². The predicted molar refractivity (Wildman–Crippen MR) is 55.6 cm³/mol. The highest BCUT2D eigenvalue weighted by Crippen LogP contribution is 2.26. The average Bonchev–Trinajstić information content (AvgIpc) is 2.17. The van der Waals surface area contributed by atoms with Crippen LogP contribution < -0.4 is 0 Å². The summed E-state index contributed by atoms with van der Waals surface area (Å²) in [4.78, 5) is 0.541. The zero-order valence-electron chi connectivity index (χ0n) is 8.06. The highest BCUT2D eigenvalue weighted by atomic mass is 32.2. The zero-order chi connectivity index (χ0) is 9.84. The van der Waals surface area contributed by atoms with Gasteiger partial charge in [-0.25, -0.2) is 4.21 Å². The van der Waals surface area contributed by atoms with Crippen LogP contribution in [0, 0.1) is 11.8 Å². The summed E-state index contributed by atoms with van der Waals surface area (Å²) in [5, 5.41) is 0. The molecule has 0 aromatic carbocycles.